The van der Waals surface area contributed by atoms with Gasteiger partial charge >= 0.3 is 0 Å². The zero-order valence-electron chi connectivity index (χ0n) is 9.92. The van der Waals surface area contributed by atoms with E-state index in [0.717, 1.165) is 11.7 Å². The first-order valence-corrected chi connectivity index (χ1v) is 4.95. The second kappa shape index (κ2) is 9.59. The smallest absolute Gasteiger partial charge is 0.106 e. The Kier molecular flexibility index (Phi) is 11.1. The van der Waals surface area contributed by atoms with Crippen LogP contribution >= 0.6 is 0 Å². The second-order valence-corrected chi connectivity index (χ2v) is 3.86. The highest BCUT2D eigenvalue weighted by atomic mass is 16.5. The van der Waals surface area contributed by atoms with Crippen molar-refractivity contribution in [3.8, 4) is 0 Å². The van der Waals surface area contributed by atoms with E-state index >= 15 is 0 Å². The Morgan fingerprint density at radius 1 is 1.23 bits per heavy atom. The van der Waals surface area contributed by atoms with Crippen molar-refractivity contribution in [2.45, 2.75) is 47.6 Å². The van der Waals surface area contributed by atoms with Gasteiger partial charge in [-0.1, -0.05) is 20.8 Å². The normalized spacial score (nSPS) is 11.3. The average molecular weight is 187 g/mol. The summed E-state index contributed by atoms with van der Waals surface area (Å²) in [4.78, 5) is 0. The number of hydrogen-bond donors (Lipinski definition) is 1. The van der Waals surface area contributed by atoms with Crippen LogP contribution < -0.4 is 5.73 Å². The first-order valence-electron chi connectivity index (χ1n) is 4.95. The van der Waals surface area contributed by atoms with Gasteiger partial charge in [-0.3, -0.25) is 0 Å². The Balaban J connectivity index is 0. The fourth-order valence-corrected chi connectivity index (χ4v) is 0.537. The molecule has 2 nitrogen and oxygen atoms in total. The molecule has 0 fully saturated rings. The van der Waals surface area contributed by atoms with Gasteiger partial charge in [0, 0.05) is 0 Å². The molecule has 0 aromatic rings. The number of nitrogens with two attached hydrogens (primary N) is 1. The van der Waals surface area contributed by atoms with Crippen molar-refractivity contribution < 1.29 is 4.74 Å². The van der Waals surface area contributed by atoms with Crippen LogP contribution in [0.5, 0.6) is 0 Å². The number of hydrogen-bond acceptors (Lipinski definition) is 2. The largest absolute Gasteiger partial charge is 0.494 e. The van der Waals surface area contributed by atoms with Crippen LogP contribution in [0.25, 0.3) is 0 Å². The second-order valence-electron chi connectivity index (χ2n) is 3.86. The third kappa shape index (κ3) is 18.5. The third-order valence-corrected chi connectivity index (χ3v) is 0.910. The van der Waals surface area contributed by atoms with Crippen molar-refractivity contribution in [1.29, 1.82) is 0 Å². The van der Waals surface area contributed by atoms with Gasteiger partial charge in [-0.15, -0.1) is 0 Å². The van der Waals surface area contributed by atoms with Crippen LogP contribution in [0, 0.1) is 5.92 Å². The Bertz CT molecular complexity index is 125. The van der Waals surface area contributed by atoms with E-state index in [4.69, 9.17) is 10.5 Å². The molecule has 0 bridgehead atoms. The Hall–Kier alpha value is -0.500. The molecular weight excluding hydrogens is 162 g/mol. The van der Waals surface area contributed by atoms with Gasteiger partial charge in [0.05, 0.1) is 12.6 Å². The highest BCUT2D eigenvalue weighted by molar-refractivity contribution is 4.91. The van der Waals surface area contributed by atoms with Crippen molar-refractivity contribution in [3.05, 3.63) is 11.8 Å². The summed E-state index contributed by atoms with van der Waals surface area (Å²) >= 11 is 0. The van der Waals surface area contributed by atoms with Crippen LogP contribution in [0.2, 0.25) is 0 Å². The molecule has 0 aliphatic carbocycles. The lowest BCUT2D eigenvalue weighted by molar-refractivity contribution is 0.145. The number of allylic oxidation sites excluding steroid dienone is 1. The maximum Gasteiger partial charge on any atom is 0.106 e. The molecule has 13 heavy (non-hydrogen) atoms. The summed E-state index contributed by atoms with van der Waals surface area (Å²) in [5.74, 6) is 1.70. The van der Waals surface area contributed by atoms with Gasteiger partial charge in [-0.25, -0.2) is 0 Å². The lowest BCUT2D eigenvalue weighted by Gasteiger charge is -2.10. The first-order chi connectivity index (χ1) is 5.93. The minimum absolute atomic E-state index is 0.236. The molecule has 0 saturated carbocycles. The van der Waals surface area contributed by atoms with E-state index in [1.165, 1.54) is 0 Å². The maximum atomic E-state index is 5.34. The van der Waals surface area contributed by atoms with Crippen LogP contribution in [-0.4, -0.2) is 12.6 Å². The van der Waals surface area contributed by atoms with Crippen LogP contribution in [0.3, 0.4) is 0 Å². The van der Waals surface area contributed by atoms with E-state index in [1.54, 1.807) is 0 Å². The standard InChI is InChI=1S/C7H15NO.C4H10/c1-4-7(5-8)9-6(2)3;1-4(2)3/h4,6H,5,8H2,1-3H3;4H,1-3H3/b7-4-;. The fraction of sp³-hybridized carbons (Fsp3) is 0.818. The molecule has 0 spiro atoms. The molecular formula is C11H25NO. The first kappa shape index (κ1) is 15.0. The molecule has 0 aromatic heterocycles. The van der Waals surface area contributed by atoms with Gasteiger partial charge in [-0.2, -0.15) is 0 Å². The van der Waals surface area contributed by atoms with Crippen molar-refractivity contribution in [1.82, 2.24) is 0 Å². The van der Waals surface area contributed by atoms with Gasteiger partial charge in [0.1, 0.15) is 5.76 Å². The van der Waals surface area contributed by atoms with E-state index in [-0.39, 0.29) is 6.10 Å². The van der Waals surface area contributed by atoms with E-state index in [9.17, 15) is 0 Å². The molecule has 0 heterocycles. The minimum atomic E-state index is 0.236. The predicted octanol–water partition coefficient (Wildman–Crippen LogP) is 2.94. The molecule has 0 amide bonds. The topological polar surface area (TPSA) is 35.2 Å². The van der Waals surface area contributed by atoms with E-state index in [1.807, 2.05) is 26.8 Å². The summed E-state index contributed by atoms with van der Waals surface area (Å²) in [7, 11) is 0. The highest BCUT2D eigenvalue weighted by Crippen LogP contribution is 1.98. The summed E-state index contributed by atoms with van der Waals surface area (Å²) in [5, 5.41) is 0. The molecule has 80 valence electrons. The summed E-state index contributed by atoms with van der Waals surface area (Å²) in [6.07, 6.45) is 2.12. The quantitative estimate of drug-likeness (QED) is 0.689. The highest BCUT2D eigenvalue weighted by Gasteiger charge is 1.95. The molecule has 0 rings (SSSR count). The molecule has 0 aliphatic heterocycles. The van der Waals surface area contributed by atoms with Crippen molar-refractivity contribution in [2.75, 3.05) is 6.54 Å². The summed E-state index contributed by atoms with van der Waals surface area (Å²) in [5.41, 5.74) is 5.34. The predicted molar refractivity (Wildman–Crippen MR) is 59.5 cm³/mol. The Morgan fingerprint density at radius 3 is 1.69 bits per heavy atom. The minimum Gasteiger partial charge on any atom is -0.494 e. The zero-order valence-corrected chi connectivity index (χ0v) is 9.92. The third-order valence-electron chi connectivity index (χ3n) is 0.910. The molecule has 0 saturated heterocycles. The molecule has 2 heteroatoms. The zero-order chi connectivity index (χ0) is 10.9. The monoisotopic (exact) mass is 187 g/mol. The van der Waals surface area contributed by atoms with Crippen molar-refractivity contribution in [2.24, 2.45) is 11.7 Å². The Labute approximate surface area is 83.2 Å². The molecule has 0 atom stereocenters. The van der Waals surface area contributed by atoms with Gasteiger partial charge in [0.25, 0.3) is 0 Å². The van der Waals surface area contributed by atoms with Gasteiger partial charge in [0.15, 0.2) is 0 Å². The van der Waals surface area contributed by atoms with E-state index in [2.05, 4.69) is 20.8 Å². The van der Waals surface area contributed by atoms with Crippen LogP contribution in [0.4, 0.5) is 0 Å². The maximum absolute atomic E-state index is 5.34. The Morgan fingerprint density at radius 2 is 1.62 bits per heavy atom. The average Bonchev–Trinajstić information content (AvgIpc) is 1.98. The molecule has 2 N–H and O–H groups in total. The van der Waals surface area contributed by atoms with E-state index in [0.29, 0.717) is 6.54 Å². The van der Waals surface area contributed by atoms with Gasteiger partial charge in [-0.05, 0) is 32.8 Å². The summed E-state index contributed by atoms with van der Waals surface area (Å²) in [6.45, 7) is 12.9. The lowest BCUT2D eigenvalue weighted by atomic mass is 10.3. The number of ether oxygens (including phenoxy) is 1. The van der Waals surface area contributed by atoms with Gasteiger partial charge in [0.2, 0.25) is 0 Å². The fourth-order valence-electron chi connectivity index (χ4n) is 0.537. The van der Waals surface area contributed by atoms with Crippen LogP contribution in [0.15, 0.2) is 11.8 Å². The summed E-state index contributed by atoms with van der Waals surface area (Å²) < 4.78 is 5.28. The molecule has 0 aliphatic rings. The van der Waals surface area contributed by atoms with Crippen LogP contribution in [-0.2, 0) is 4.74 Å². The van der Waals surface area contributed by atoms with Crippen LogP contribution in [0.1, 0.15) is 41.5 Å². The molecule has 0 radical (unpaired) electrons. The van der Waals surface area contributed by atoms with Gasteiger partial charge < -0.3 is 10.5 Å². The SMILES string of the molecule is C/C=C(/CN)OC(C)C.CC(C)C. The molecule has 0 unspecified atom stereocenters. The lowest BCUT2D eigenvalue weighted by Crippen LogP contribution is -2.10. The van der Waals surface area contributed by atoms with Crippen molar-refractivity contribution in [3.63, 3.8) is 0 Å². The summed E-state index contributed by atoms with van der Waals surface area (Å²) in [6, 6.07) is 0. The van der Waals surface area contributed by atoms with E-state index < -0.39 is 0 Å². The molecule has 0 aromatic carbocycles. The van der Waals surface area contributed by atoms with Crippen molar-refractivity contribution >= 4 is 0 Å². The number of rotatable bonds is 3.